The second-order valence-corrected chi connectivity index (χ2v) is 5.01. The smallest absolute Gasteiger partial charge is 0.148 e. The maximum absolute atomic E-state index is 4.20. The van der Waals surface area contributed by atoms with Crippen LogP contribution in [-0.4, -0.2) is 29.3 Å². The molecule has 0 radical (unpaired) electrons. The van der Waals surface area contributed by atoms with Crippen molar-refractivity contribution in [2.75, 3.05) is 18.4 Å². The summed E-state index contributed by atoms with van der Waals surface area (Å²) in [6, 6.07) is 4.75. The molecule has 1 aromatic heterocycles. The van der Waals surface area contributed by atoms with Gasteiger partial charge in [-0.05, 0) is 43.9 Å². The first-order chi connectivity index (χ1) is 8.25. The molecule has 0 aromatic carbocycles. The van der Waals surface area contributed by atoms with Crippen LogP contribution in [0.3, 0.4) is 0 Å². The molecular formula is C13H22N4. The van der Waals surface area contributed by atoms with E-state index in [1.807, 2.05) is 12.1 Å². The van der Waals surface area contributed by atoms with Crippen molar-refractivity contribution in [1.29, 1.82) is 0 Å². The highest BCUT2D eigenvalue weighted by atomic mass is 15.2. The van der Waals surface area contributed by atoms with E-state index < -0.39 is 0 Å². The van der Waals surface area contributed by atoms with E-state index >= 15 is 0 Å². The fourth-order valence-electron chi connectivity index (χ4n) is 2.12. The van der Waals surface area contributed by atoms with Crippen LogP contribution in [0.2, 0.25) is 0 Å². The van der Waals surface area contributed by atoms with Crippen LogP contribution in [0.5, 0.6) is 0 Å². The van der Waals surface area contributed by atoms with Gasteiger partial charge in [0.2, 0.25) is 0 Å². The molecule has 1 aliphatic rings. The first kappa shape index (κ1) is 12.3. The molecule has 0 bridgehead atoms. The Kier molecular flexibility index (Phi) is 4.31. The third kappa shape index (κ3) is 3.66. The molecule has 1 aliphatic heterocycles. The number of hydrogen-bond donors (Lipinski definition) is 2. The van der Waals surface area contributed by atoms with Crippen molar-refractivity contribution in [3.63, 3.8) is 0 Å². The second-order valence-electron chi connectivity index (χ2n) is 5.01. The van der Waals surface area contributed by atoms with E-state index in [2.05, 4.69) is 34.7 Å². The molecule has 0 aliphatic carbocycles. The average molecular weight is 234 g/mol. The summed E-state index contributed by atoms with van der Waals surface area (Å²) in [6.45, 7) is 6.40. The molecule has 1 atom stereocenters. The Labute approximate surface area is 103 Å². The summed E-state index contributed by atoms with van der Waals surface area (Å²) in [6.07, 6.45) is 3.78. The van der Waals surface area contributed by atoms with Gasteiger partial charge in [0, 0.05) is 12.6 Å². The lowest BCUT2D eigenvalue weighted by Crippen LogP contribution is -2.24. The summed E-state index contributed by atoms with van der Waals surface area (Å²) in [5, 5.41) is 15.2. The van der Waals surface area contributed by atoms with Crippen LogP contribution in [0.25, 0.3) is 0 Å². The molecule has 4 nitrogen and oxygen atoms in total. The maximum Gasteiger partial charge on any atom is 0.148 e. The lowest BCUT2D eigenvalue weighted by Gasteiger charge is -2.11. The van der Waals surface area contributed by atoms with Gasteiger partial charge in [0.15, 0.2) is 0 Å². The van der Waals surface area contributed by atoms with Gasteiger partial charge < -0.3 is 10.6 Å². The first-order valence-electron chi connectivity index (χ1n) is 6.56. The summed E-state index contributed by atoms with van der Waals surface area (Å²) in [5.41, 5.74) is 1.05. The Bertz CT molecular complexity index is 328. The molecule has 1 fully saturated rings. The molecule has 4 heteroatoms. The number of nitrogens with one attached hydrogen (secondary N) is 2. The summed E-state index contributed by atoms with van der Waals surface area (Å²) in [5.74, 6) is 1.33. The zero-order valence-electron chi connectivity index (χ0n) is 10.7. The molecule has 94 valence electrons. The van der Waals surface area contributed by atoms with Crippen molar-refractivity contribution < 1.29 is 0 Å². The average Bonchev–Trinajstić information content (AvgIpc) is 2.83. The van der Waals surface area contributed by atoms with Crippen molar-refractivity contribution in [1.82, 2.24) is 15.5 Å². The minimum Gasteiger partial charge on any atom is -0.369 e. The second kappa shape index (κ2) is 5.96. The van der Waals surface area contributed by atoms with Gasteiger partial charge >= 0.3 is 0 Å². The highest BCUT2D eigenvalue weighted by molar-refractivity contribution is 5.33. The number of rotatable bonds is 5. The minimum absolute atomic E-state index is 0.444. The minimum atomic E-state index is 0.444. The number of aromatic nitrogens is 2. The predicted octanol–water partition coefficient (Wildman–Crippen LogP) is 2.15. The van der Waals surface area contributed by atoms with Crippen molar-refractivity contribution in [2.24, 2.45) is 0 Å². The van der Waals surface area contributed by atoms with E-state index in [1.165, 1.54) is 19.4 Å². The van der Waals surface area contributed by atoms with E-state index in [0.29, 0.717) is 12.0 Å². The molecule has 2 N–H and O–H groups in total. The standard InChI is InChI=1S/C13H22N4/c1-10(2)12-5-6-13(17-16-12)15-9-7-11-4-3-8-14-11/h5-6,10-11,14H,3-4,7-9H2,1-2H3,(H,15,17). The van der Waals surface area contributed by atoms with E-state index in [-0.39, 0.29) is 0 Å². The van der Waals surface area contributed by atoms with Crippen LogP contribution >= 0.6 is 0 Å². The zero-order valence-corrected chi connectivity index (χ0v) is 10.7. The van der Waals surface area contributed by atoms with Gasteiger partial charge in [0.25, 0.3) is 0 Å². The van der Waals surface area contributed by atoms with Gasteiger partial charge in [0.05, 0.1) is 5.69 Å². The molecule has 1 unspecified atom stereocenters. The van der Waals surface area contributed by atoms with Gasteiger partial charge in [-0.3, -0.25) is 0 Å². The van der Waals surface area contributed by atoms with Crippen LogP contribution < -0.4 is 10.6 Å². The molecule has 1 aromatic rings. The van der Waals surface area contributed by atoms with Crippen LogP contribution in [0.1, 0.15) is 44.7 Å². The van der Waals surface area contributed by atoms with Gasteiger partial charge in [-0.1, -0.05) is 13.8 Å². The van der Waals surface area contributed by atoms with Gasteiger partial charge in [-0.15, -0.1) is 5.10 Å². The van der Waals surface area contributed by atoms with E-state index in [0.717, 1.165) is 24.5 Å². The summed E-state index contributed by atoms with van der Waals surface area (Å²) in [4.78, 5) is 0. The molecule has 2 heterocycles. The summed E-state index contributed by atoms with van der Waals surface area (Å²) < 4.78 is 0. The van der Waals surface area contributed by atoms with Crippen molar-refractivity contribution >= 4 is 5.82 Å². The molecule has 0 saturated carbocycles. The highest BCUT2D eigenvalue weighted by Crippen LogP contribution is 2.12. The molecule has 0 spiro atoms. The van der Waals surface area contributed by atoms with Gasteiger partial charge in [-0.25, -0.2) is 0 Å². The van der Waals surface area contributed by atoms with Crippen LogP contribution in [0.15, 0.2) is 12.1 Å². The zero-order chi connectivity index (χ0) is 12.1. The van der Waals surface area contributed by atoms with Gasteiger partial charge in [-0.2, -0.15) is 5.10 Å². The fraction of sp³-hybridized carbons (Fsp3) is 0.692. The van der Waals surface area contributed by atoms with E-state index in [9.17, 15) is 0 Å². The van der Waals surface area contributed by atoms with Crippen LogP contribution in [-0.2, 0) is 0 Å². The fourth-order valence-corrected chi connectivity index (χ4v) is 2.12. The topological polar surface area (TPSA) is 49.8 Å². The summed E-state index contributed by atoms with van der Waals surface area (Å²) >= 11 is 0. The lowest BCUT2D eigenvalue weighted by atomic mass is 10.1. The third-order valence-corrected chi connectivity index (χ3v) is 3.24. The predicted molar refractivity (Wildman–Crippen MR) is 70.3 cm³/mol. The number of hydrogen-bond acceptors (Lipinski definition) is 4. The molecule has 17 heavy (non-hydrogen) atoms. The van der Waals surface area contributed by atoms with Gasteiger partial charge in [0.1, 0.15) is 5.82 Å². The third-order valence-electron chi connectivity index (χ3n) is 3.24. The normalized spacial score (nSPS) is 19.8. The Morgan fingerprint density at radius 2 is 2.29 bits per heavy atom. The maximum atomic E-state index is 4.20. The van der Waals surface area contributed by atoms with E-state index in [1.54, 1.807) is 0 Å². The summed E-state index contributed by atoms with van der Waals surface area (Å²) in [7, 11) is 0. The number of nitrogens with zero attached hydrogens (tertiary/aromatic N) is 2. The Hall–Kier alpha value is -1.16. The van der Waals surface area contributed by atoms with Crippen molar-refractivity contribution in [3.05, 3.63) is 17.8 Å². The van der Waals surface area contributed by atoms with Crippen molar-refractivity contribution in [3.8, 4) is 0 Å². The number of anilines is 1. The highest BCUT2D eigenvalue weighted by Gasteiger charge is 2.12. The Morgan fingerprint density at radius 3 is 2.88 bits per heavy atom. The first-order valence-corrected chi connectivity index (χ1v) is 6.56. The molecule has 2 rings (SSSR count). The molecule has 0 amide bonds. The van der Waals surface area contributed by atoms with E-state index in [4.69, 9.17) is 0 Å². The Balaban J connectivity index is 1.74. The molecular weight excluding hydrogens is 212 g/mol. The quantitative estimate of drug-likeness (QED) is 0.819. The Morgan fingerprint density at radius 1 is 1.41 bits per heavy atom. The monoisotopic (exact) mass is 234 g/mol. The largest absolute Gasteiger partial charge is 0.369 e. The van der Waals surface area contributed by atoms with Crippen LogP contribution in [0, 0.1) is 0 Å². The van der Waals surface area contributed by atoms with Crippen LogP contribution in [0.4, 0.5) is 5.82 Å². The SMILES string of the molecule is CC(C)c1ccc(NCCC2CCCN2)nn1. The molecule has 1 saturated heterocycles. The van der Waals surface area contributed by atoms with Crippen molar-refractivity contribution in [2.45, 2.75) is 45.1 Å². The lowest BCUT2D eigenvalue weighted by molar-refractivity contribution is 0.574.